The maximum atomic E-state index is 10.8. The van der Waals surface area contributed by atoms with Crippen LogP contribution in [0.5, 0.6) is 5.75 Å². The molecule has 1 aliphatic carbocycles. The fourth-order valence-electron chi connectivity index (χ4n) is 2.25. The highest BCUT2D eigenvalue weighted by atomic mass is 79.9. The Hall–Kier alpha value is -0.580. The molecule has 2 rings (SSSR count). The van der Waals surface area contributed by atoms with Crippen molar-refractivity contribution in [3.63, 3.8) is 0 Å². The molecule has 0 radical (unpaired) electrons. The van der Waals surface area contributed by atoms with Gasteiger partial charge in [-0.2, -0.15) is 0 Å². The van der Waals surface area contributed by atoms with Gasteiger partial charge in [0.2, 0.25) is 0 Å². The van der Waals surface area contributed by atoms with Gasteiger partial charge in [-0.1, -0.05) is 6.07 Å². The topological polar surface area (TPSA) is 41.5 Å². The minimum Gasteiger partial charge on any atom is -0.496 e. The quantitative estimate of drug-likeness (QED) is 0.876. The Labute approximate surface area is 110 Å². The van der Waals surface area contributed by atoms with E-state index in [0.717, 1.165) is 28.6 Å². The molecule has 0 amide bonds. The van der Waals surface area contributed by atoms with E-state index in [1.165, 1.54) is 0 Å². The third-order valence-corrected chi connectivity index (χ3v) is 3.97. The Kier molecular flexibility index (Phi) is 3.76. The molecule has 0 spiro atoms. The van der Waals surface area contributed by atoms with Gasteiger partial charge >= 0.3 is 0 Å². The molecule has 94 valence electrons. The van der Waals surface area contributed by atoms with Crippen molar-refractivity contribution in [1.82, 2.24) is 5.32 Å². The molecule has 0 saturated heterocycles. The second kappa shape index (κ2) is 4.96. The van der Waals surface area contributed by atoms with Crippen molar-refractivity contribution in [2.45, 2.75) is 18.4 Å². The molecule has 1 atom stereocenters. The van der Waals surface area contributed by atoms with E-state index in [4.69, 9.17) is 4.74 Å². The zero-order chi connectivity index (χ0) is 12.5. The van der Waals surface area contributed by atoms with Crippen LogP contribution in [0.4, 0.5) is 0 Å². The van der Waals surface area contributed by atoms with Gasteiger partial charge in [0.25, 0.3) is 0 Å². The van der Waals surface area contributed by atoms with Crippen LogP contribution in [-0.2, 0) is 5.60 Å². The van der Waals surface area contributed by atoms with Gasteiger partial charge in [0.05, 0.1) is 11.6 Å². The Morgan fingerprint density at radius 3 is 2.71 bits per heavy atom. The molecule has 1 aromatic carbocycles. The largest absolute Gasteiger partial charge is 0.496 e. The van der Waals surface area contributed by atoms with E-state index < -0.39 is 5.60 Å². The van der Waals surface area contributed by atoms with Gasteiger partial charge < -0.3 is 15.2 Å². The monoisotopic (exact) mass is 299 g/mol. The summed E-state index contributed by atoms with van der Waals surface area (Å²) in [5, 5.41) is 13.9. The average Bonchev–Trinajstić information content (AvgIpc) is 3.13. The van der Waals surface area contributed by atoms with Gasteiger partial charge in [-0.3, -0.25) is 0 Å². The number of rotatable bonds is 5. The van der Waals surface area contributed by atoms with Crippen LogP contribution in [0.3, 0.4) is 0 Å². The van der Waals surface area contributed by atoms with E-state index in [9.17, 15) is 5.11 Å². The fourth-order valence-corrected chi connectivity index (χ4v) is 2.79. The van der Waals surface area contributed by atoms with Crippen LogP contribution in [0, 0.1) is 5.92 Å². The normalized spacial score (nSPS) is 18.8. The lowest BCUT2D eigenvalue weighted by atomic mass is 9.88. The van der Waals surface area contributed by atoms with Gasteiger partial charge in [0.1, 0.15) is 11.4 Å². The van der Waals surface area contributed by atoms with E-state index in [2.05, 4.69) is 21.2 Å². The number of hydrogen-bond donors (Lipinski definition) is 2. The first kappa shape index (κ1) is 12.9. The molecule has 4 heteroatoms. The third-order valence-electron chi connectivity index (χ3n) is 3.35. The van der Waals surface area contributed by atoms with E-state index in [-0.39, 0.29) is 0 Å². The minimum absolute atomic E-state index is 0.371. The Morgan fingerprint density at radius 2 is 2.24 bits per heavy atom. The fraction of sp³-hybridized carbons (Fsp3) is 0.538. The van der Waals surface area contributed by atoms with E-state index >= 15 is 0 Å². The van der Waals surface area contributed by atoms with E-state index in [1.54, 1.807) is 7.11 Å². The predicted molar refractivity (Wildman–Crippen MR) is 71.2 cm³/mol. The zero-order valence-corrected chi connectivity index (χ0v) is 11.8. The SMILES string of the molecule is CNCC(O)(c1ccc(OC)c(Br)c1)C1CC1. The highest BCUT2D eigenvalue weighted by Crippen LogP contribution is 2.46. The predicted octanol–water partition coefficient (Wildman–Crippen LogP) is 2.27. The van der Waals surface area contributed by atoms with E-state index in [0.29, 0.717) is 12.5 Å². The van der Waals surface area contributed by atoms with E-state index in [1.807, 2.05) is 25.2 Å². The Bertz CT molecular complexity index is 406. The smallest absolute Gasteiger partial charge is 0.133 e. The summed E-state index contributed by atoms with van der Waals surface area (Å²) in [6, 6.07) is 5.79. The highest BCUT2D eigenvalue weighted by Gasteiger charge is 2.44. The molecular formula is C13H18BrNO2. The number of nitrogens with one attached hydrogen (secondary N) is 1. The summed E-state index contributed by atoms with van der Waals surface area (Å²) in [6.45, 7) is 0.580. The summed E-state index contributed by atoms with van der Waals surface area (Å²) in [6.07, 6.45) is 2.20. The van der Waals surface area contributed by atoms with Crippen LogP contribution >= 0.6 is 15.9 Å². The second-order valence-electron chi connectivity index (χ2n) is 4.58. The number of halogens is 1. The number of likely N-dealkylation sites (N-methyl/N-ethyl adjacent to an activating group) is 1. The van der Waals surface area contributed by atoms with Gasteiger partial charge in [0.15, 0.2) is 0 Å². The lowest BCUT2D eigenvalue weighted by molar-refractivity contribution is 0.0152. The number of ether oxygens (including phenoxy) is 1. The molecular weight excluding hydrogens is 282 g/mol. The first-order chi connectivity index (χ1) is 8.11. The number of hydrogen-bond acceptors (Lipinski definition) is 3. The molecule has 1 fully saturated rings. The number of benzene rings is 1. The summed E-state index contributed by atoms with van der Waals surface area (Å²) in [5.74, 6) is 1.16. The molecule has 17 heavy (non-hydrogen) atoms. The lowest BCUT2D eigenvalue weighted by Crippen LogP contribution is -2.38. The van der Waals surface area contributed by atoms with Gasteiger partial charge in [-0.25, -0.2) is 0 Å². The van der Waals surface area contributed by atoms with Crippen LogP contribution in [0.2, 0.25) is 0 Å². The van der Waals surface area contributed by atoms with Crippen LogP contribution in [0.15, 0.2) is 22.7 Å². The Balaban J connectivity index is 2.33. The number of methoxy groups -OCH3 is 1. The highest BCUT2D eigenvalue weighted by molar-refractivity contribution is 9.10. The van der Waals surface area contributed by atoms with Crippen molar-refractivity contribution in [2.75, 3.05) is 20.7 Å². The molecule has 0 bridgehead atoms. The van der Waals surface area contributed by atoms with Crippen molar-refractivity contribution in [3.8, 4) is 5.75 Å². The van der Waals surface area contributed by atoms with Crippen LogP contribution in [0.25, 0.3) is 0 Å². The van der Waals surface area contributed by atoms with Crippen molar-refractivity contribution >= 4 is 15.9 Å². The zero-order valence-electron chi connectivity index (χ0n) is 10.2. The number of aliphatic hydroxyl groups is 1. The van der Waals surface area contributed by atoms with Crippen molar-refractivity contribution in [2.24, 2.45) is 5.92 Å². The maximum absolute atomic E-state index is 10.8. The summed E-state index contributed by atoms with van der Waals surface area (Å²) in [7, 11) is 3.51. The molecule has 1 aromatic rings. The second-order valence-corrected chi connectivity index (χ2v) is 5.43. The molecule has 0 heterocycles. The van der Waals surface area contributed by atoms with Crippen molar-refractivity contribution in [3.05, 3.63) is 28.2 Å². The summed E-state index contributed by atoms with van der Waals surface area (Å²) >= 11 is 3.46. The summed E-state index contributed by atoms with van der Waals surface area (Å²) in [5.41, 5.74) is 0.186. The summed E-state index contributed by atoms with van der Waals surface area (Å²) < 4.78 is 6.09. The molecule has 1 aliphatic rings. The molecule has 2 N–H and O–H groups in total. The first-order valence-corrected chi connectivity index (χ1v) is 6.62. The molecule has 3 nitrogen and oxygen atoms in total. The van der Waals surface area contributed by atoms with Crippen LogP contribution < -0.4 is 10.1 Å². The van der Waals surface area contributed by atoms with Crippen LogP contribution in [-0.4, -0.2) is 25.8 Å². The third kappa shape index (κ3) is 2.49. The Morgan fingerprint density at radius 1 is 1.53 bits per heavy atom. The van der Waals surface area contributed by atoms with Gasteiger partial charge in [0, 0.05) is 6.54 Å². The first-order valence-electron chi connectivity index (χ1n) is 5.83. The standard InChI is InChI=1S/C13H18BrNO2/c1-15-8-13(16,9-3-4-9)10-5-6-12(17-2)11(14)7-10/h5-7,9,15-16H,3-4,8H2,1-2H3. The van der Waals surface area contributed by atoms with Gasteiger partial charge in [-0.15, -0.1) is 0 Å². The van der Waals surface area contributed by atoms with Crippen LogP contribution in [0.1, 0.15) is 18.4 Å². The van der Waals surface area contributed by atoms with Gasteiger partial charge in [-0.05, 0) is 59.4 Å². The maximum Gasteiger partial charge on any atom is 0.133 e. The minimum atomic E-state index is -0.760. The molecule has 0 aliphatic heterocycles. The summed E-state index contributed by atoms with van der Waals surface area (Å²) in [4.78, 5) is 0. The lowest BCUT2D eigenvalue weighted by Gasteiger charge is -2.29. The molecule has 0 aromatic heterocycles. The average molecular weight is 300 g/mol. The van der Waals surface area contributed by atoms with Crippen molar-refractivity contribution < 1.29 is 9.84 Å². The molecule has 1 unspecified atom stereocenters. The molecule has 1 saturated carbocycles. The van der Waals surface area contributed by atoms with Crippen molar-refractivity contribution in [1.29, 1.82) is 0 Å².